The minimum absolute atomic E-state index is 0.00545. The monoisotopic (exact) mass is 260 g/mol. The van der Waals surface area contributed by atoms with E-state index in [4.69, 9.17) is 0 Å². The fourth-order valence-electron chi connectivity index (χ4n) is 1.41. The number of carbonyl (C=O) groups is 2. The highest BCUT2D eigenvalue weighted by Crippen LogP contribution is 2.32. The van der Waals surface area contributed by atoms with Crippen molar-refractivity contribution in [3.05, 3.63) is 35.4 Å². The highest BCUT2D eigenvalue weighted by Gasteiger charge is 2.33. The Balaban J connectivity index is 2.92. The molecule has 0 unspecified atom stereocenters. The van der Waals surface area contributed by atoms with Gasteiger partial charge in [0.15, 0.2) is 0 Å². The van der Waals surface area contributed by atoms with Crippen LogP contribution in [0.3, 0.4) is 0 Å². The minimum Gasteiger partial charge on any atom is -0.460 e. The van der Waals surface area contributed by atoms with E-state index in [1.165, 1.54) is 25.1 Å². The Bertz CT molecular complexity index is 452. The molecule has 0 N–H and O–H groups in total. The lowest BCUT2D eigenvalue weighted by molar-refractivity contribution is -0.153. The van der Waals surface area contributed by atoms with Crippen LogP contribution in [0.1, 0.15) is 18.1 Å². The van der Waals surface area contributed by atoms with Crippen LogP contribution in [0.2, 0.25) is 0 Å². The lowest BCUT2D eigenvalue weighted by Gasteiger charge is -2.11. The largest absolute Gasteiger partial charge is 0.460 e. The van der Waals surface area contributed by atoms with Crippen LogP contribution in [-0.2, 0) is 26.9 Å². The molecule has 0 radical (unpaired) electrons. The summed E-state index contributed by atoms with van der Waals surface area (Å²) in [4.78, 5) is 22.4. The number of Topliss-reactive ketones (excluding diaryl/α,β-unsaturated/α-hetero) is 1. The second kappa shape index (κ2) is 5.66. The van der Waals surface area contributed by atoms with E-state index in [2.05, 4.69) is 4.74 Å². The molecule has 0 bridgehead atoms. The molecule has 18 heavy (non-hydrogen) atoms. The van der Waals surface area contributed by atoms with Crippen molar-refractivity contribution < 1.29 is 27.5 Å². The summed E-state index contributed by atoms with van der Waals surface area (Å²) in [7, 11) is 0. The number of ether oxygens (including phenoxy) is 1. The Morgan fingerprint density at radius 2 is 1.83 bits per heavy atom. The maximum absolute atomic E-state index is 12.6. The molecular formula is C12H11F3O3. The maximum atomic E-state index is 12.6. The third-order valence-electron chi connectivity index (χ3n) is 2.18. The first-order chi connectivity index (χ1) is 8.36. The summed E-state index contributed by atoms with van der Waals surface area (Å²) in [5.74, 6) is -2.11. The normalized spacial score (nSPS) is 11.1. The molecule has 0 saturated heterocycles. The maximum Gasteiger partial charge on any atom is 0.416 e. The zero-order valence-corrected chi connectivity index (χ0v) is 9.58. The van der Waals surface area contributed by atoms with Gasteiger partial charge in [-0.3, -0.25) is 4.79 Å². The standard InChI is InChI=1S/C12H11F3O3/c1-2-18-11(17)10(16)7-8-5-3-4-6-9(8)12(13,14)15/h3-6H,2,7H2,1H3. The topological polar surface area (TPSA) is 43.4 Å². The van der Waals surface area contributed by atoms with Crippen molar-refractivity contribution in [2.24, 2.45) is 0 Å². The molecular weight excluding hydrogens is 249 g/mol. The quantitative estimate of drug-likeness (QED) is 0.616. The van der Waals surface area contributed by atoms with E-state index in [-0.39, 0.29) is 12.2 Å². The van der Waals surface area contributed by atoms with E-state index in [0.29, 0.717) is 0 Å². The Labute approximate surface area is 102 Å². The summed E-state index contributed by atoms with van der Waals surface area (Å²) in [6, 6.07) is 4.64. The number of halogens is 3. The van der Waals surface area contributed by atoms with Gasteiger partial charge in [-0.1, -0.05) is 18.2 Å². The van der Waals surface area contributed by atoms with E-state index < -0.39 is 29.9 Å². The first-order valence-electron chi connectivity index (χ1n) is 5.21. The highest BCUT2D eigenvalue weighted by molar-refractivity contribution is 6.34. The zero-order chi connectivity index (χ0) is 13.8. The number of hydrogen-bond acceptors (Lipinski definition) is 3. The van der Waals surface area contributed by atoms with E-state index in [9.17, 15) is 22.8 Å². The van der Waals surface area contributed by atoms with Gasteiger partial charge in [0.25, 0.3) is 0 Å². The molecule has 0 amide bonds. The van der Waals surface area contributed by atoms with Gasteiger partial charge in [-0.05, 0) is 18.6 Å². The average Bonchev–Trinajstić information content (AvgIpc) is 2.28. The third-order valence-corrected chi connectivity index (χ3v) is 2.18. The second-order valence-electron chi connectivity index (χ2n) is 3.48. The summed E-state index contributed by atoms with van der Waals surface area (Å²) in [6.45, 7) is 1.51. The molecule has 0 saturated carbocycles. The Morgan fingerprint density at radius 3 is 2.39 bits per heavy atom. The van der Waals surface area contributed by atoms with Gasteiger partial charge in [0.2, 0.25) is 5.78 Å². The van der Waals surface area contributed by atoms with Crippen LogP contribution in [0.4, 0.5) is 13.2 Å². The Morgan fingerprint density at radius 1 is 1.22 bits per heavy atom. The molecule has 98 valence electrons. The lowest BCUT2D eigenvalue weighted by atomic mass is 10.0. The molecule has 0 aliphatic heterocycles. The Hall–Kier alpha value is -1.85. The molecule has 0 aliphatic carbocycles. The van der Waals surface area contributed by atoms with Crippen LogP contribution in [-0.4, -0.2) is 18.4 Å². The molecule has 1 aromatic rings. The van der Waals surface area contributed by atoms with Crippen LogP contribution >= 0.6 is 0 Å². The number of benzene rings is 1. The smallest absolute Gasteiger partial charge is 0.416 e. The van der Waals surface area contributed by atoms with Crippen LogP contribution in [0.15, 0.2) is 24.3 Å². The van der Waals surface area contributed by atoms with Crippen molar-refractivity contribution in [3.63, 3.8) is 0 Å². The van der Waals surface area contributed by atoms with Crippen molar-refractivity contribution in [2.45, 2.75) is 19.5 Å². The number of ketones is 1. The number of alkyl halides is 3. The summed E-state index contributed by atoms with van der Waals surface area (Å²) in [5, 5.41) is 0. The molecule has 6 heteroatoms. The van der Waals surface area contributed by atoms with Gasteiger partial charge in [0.1, 0.15) is 0 Å². The third kappa shape index (κ3) is 3.58. The van der Waals surface area contributed by atoms with E-state index >= 15 is 0 Å². The van der Waals surface area contributed by atoms with Gasteiger partial charge in [0, 0.05) is 6.42 Å². The summed E-state index contributed by atoms with van der Waals surface area (Å²) >= 11 is 0. The summed E-state index contributed by atoms with van der Waals surface area (Å²) in [6.07, 6.45) is -5.17. The molecule has 0 fully saturated rings. The summed E-state index contributed by atoms with van der Waals surface area (Å²) in [5.41, 5.74) is -1.15. The van der Waals surface area contributed by atoms with Crippen molar-refractivity contribution in [1.82, 2.24) is 0 Å². The van der Waals surface area contributed by atoms with E-state index in [1.54, 1.807) is 0 Å². The predicted octanol–water partition coefficient (Wildman–Crippen LogP) is 2.38. The molecule has 1 rings (SSSR count). The lowest BCUT2D eigenvalue weighted by Crippen LogP contribution is -2.21. The summed E-state index contributed by atoms with van der Waals surface area (Å²) < 4.78 is 42.3. The molecule has 0 atom stereocenters. The number of esters is 1. The van der Waals surface area contributed by atoms with Crippen molar-refractivity contribution >= 4 is 11.8 Å². The van der Waals surface area contributed by atoms with Gasteiger partial charge in [-0.15, -0.1) is 0 Å². The Kier molecular flexibility index (Phi) is 4.47. The molecule has 1 aromatic carbocycles. The van der Waals surface area contributed by atoms with Crippen LogP contribution in [0.5, 0.6) is 0 Å². The molecule has 0 aliphatic rings. The van der Waals surface area contributed by atoms with Gasteiger partial charge in [-0.25, -0.2) is 4.79 Å². The van der Waals surface area contributed by atoms with Gasteiger partial charge in [-0.2, -0.15) is 13.2 Å². The second-order valence-corrected chi connectivity index (χ2v) is 3.48. The van der Waals surface area contributed by atoms with Crippen molar-refractivity contribution in [3.8, 4) is 0 Å². The SMILES string of the molecule is CCOC(=O)C(=O)Cc1ccccc1C(F)(F)F. The van der Waals surface area contributed by atoms with Crippen molar-refractivity contribution in [2.75, 3.05) is 6.61 Å². The predicted molar refractivity (Wildman–Crippen MR) is 56.8 cm³/mol. The molecule has 3 nitrogen and oxygen atoms in total. The molecule has 0 aromatic heterocycles. The van der Waals surface area contributed by atoms with Crippen LogP contribution in [0.25, 0.3) is 0 Å². The molecule has 0 heterocycles. The number of carbonyl (C=O) groups excluding carboxylic acids is 2. The average molecular weight is 260 g/mol. The first kappa shape index (κ1) is 14.2. The van der Waals surface area contributed by atoms with Gasteiger partial charge < -0.3 is 4.74 Å². The van der Waals surface area contributed by atoms with Gasteiger partial charge >= 0.3 is 12.1 Å². The highest BCUT2D eigenvalue weighted by atomic mass is 19.4. The fraction of sp³-hybridized carbons (Fsp3) is 0.333. The van der Waals surface area contributed by atoms with Gasteiger partial charge in [0.05, 0.1) is 12.2 Å². The zero-order valence-electron chi connectivity index (χ0n) is 9.58. The number of rotatable bonds is 4. The fourth-order valence-corrected chi connectivity index (χ4v) is 1.41. The van der Waals surface area contributed by atoms with E-state index in [0.717, 1.165) is 6.07 Å². The molecule has 0 spiro atoms. The van der Waals surface area contributed by atoms with Crippen LogP contribution < -0.4 is 0 Å². The van der Waals surface area contributed by atoms with Crippen LogP contribution in [0, 0.1) is 0 Å². The number of hydrogen-bond donors (Lipinski definition) is 0. The first-order valence-corrected chi connectivity index (χ1v) is 5.21. The van der Waals surface area contributed by atoms with E-state index in [1.807, 2.05) is 0 Å². The van der Waals surface area contributed by atoms with Crippen molar-refractivity contribution in [1.29, 1.82) is 0 Å². The minimum atomic E-state index is -4.55.